The van der Waals surface area contributed by atoms with Gasteiger partial charge in [-0.3, -0.25) is 9.69 Å². The van der Waals surface area contributed by atoms with Gasteiger partial charge in [0, 0.05) is 31.1 Å². The van der Waals surface area contributed by atoms with E-state index in [1.165, 1.54) is 31.2 Å². The molecule has 4 nitrogen and oxygen atoms in total. The Balaban J connectivity index is 0.00000140. The van der Waals surface area contributed by atoms with Crippen molar-refractivity contribution < 1.29 is 4.79 Å². The Kier molecular flexibility index (Phi) is 9.55. The standard InChI is InChI=1S/C22H33N3O.2ClH/c26-22(9-6-17-10-12-23-13-11-17)24-19-14-20-7-8-21(15-19)25(20)16-18-4-2-1-3-5-18;;/h1-5,17,19-21,23H,6-16H2,(H,24,26);2*1H. The van der Waals surface area contributed by atoms with Crippen LogP contribution in [0, 0.1) is 5.92 Å². The monoisotopic (exact) mass is 427 g/mol. The lowest BCUT2D eigenvalue weighted by Gasteiger charge is -2.39. The van der Waals surface area contributed by atoms with E-state index in [0.29, 0.717) is 24.5 Å². The number of nitrogens with zero attached hydrogens (tertiary/aromatic N) is 1. The van der Waals surface area contributed by atoms with Gasteiger partial charge < -0.3 is 10.6 Å². The van der Waals surface area contributed by atoms with E-state index in [0.717, 1.165) is 44.8 Å². The molecule has 158 valence electrons. The van der Waals surface area contributed by atoms with Crippen LogP contribution in [0.15, 0.2) is 30.3 Å². The minimum atomic E-state index is 0. The Bertz CT molecular complexity index is 581. The van der Waals surface area contributed by atoms with Crippen LogP contribution in [0.5, 0.6) is 0 Å². The maximum absolute atomic E-state index is 12.4. The predicted molar refractivity (Wildman–Crippen MR) is 119 cm³/mol. The Morgan fingerprint density at radius 3 is 2.29 bits per heavy atom. The van der Waals surface area contributed by atoms with Gasteiger partial charge >= 0.3 is 0 Å². The van der Waals surface area contributed by atoms with Gasteiger partial charge in [0.05, 0.1) is 0 Å². The molecule has 4 rings (SSSR count). The second-order valence-corrected chi connectivity index (χ2v) is 8.51. The summed E-state index contributed by atoms with van der Waals surface area (Å²) in [6, 6.07) is 12.5. The van der Waals surface area contributed by atoms with Crippen molar-refractivity contribution in [1.29, 1.82) is 0 Å². The molecule has 3 aliphatic rings. The van der Waals surface area contributed by atoms with Crippen LogP contribution in [0.2, 0.25) is 0 Å². The van der Waals surface area contributed by atoms with Gasteiger partial charge in [-0.1, -0.05) is 30.3 Å². The van der Waals surface area contributed by atoms with Crippen molar-refractivity contribution in [3.05, 3.63) is 35.9 Å². The van der Waals surface area contributed by atoms with E-state index in [1.807, 2.05) is 0 Å². The summed E-state index contributed by atoms with van der Waals surface area (Å²) in [7, 11) is 0. The van der Waals surface area contributed by atoms with E-state index in [-0.39, 0.29) is 30.7 Å². The number of amides is 1. The number of carbonyl (C=O) groups is 1. The molecule has 2 unspecified atom stereocenters. The van der Waals surface area contributed by atoms with Gasteiger partial charge in [-0.2, -0.15) is 0 Å². The fraction of sp³-hybridized carbons (Fsp3) is 0.682. The molecule has 0 radical (unpaired) electrons. The fourth-order valence-electron chi connectivity index (χ4n) is 5.25. The number of hydrogen-bond acceptors (Lipinski definition) is 3. The number of nitrogens with one attached hydrogen (secondary N) is 2. The third-order valence-electron chi connectivity index (χ3n) is 6.70. The third kappa shape index (κ3) is 6.09. The maximum atomic E-state index is 12.4. The molecule has 28 heavy (non-hydrogen) atoms. The van der Waals surface area contributed by atoms with Crippen LogP contribution in [-0.4, -0.2) is 42.0 Å². The van der Waals surface area contributed by atoms with Crippen molar-refractivity contribution in [3.8, 4) is 0 Å². The van der Waals surface area contributed by atoms with Crippen LogP contribution >= 0.6 is 24.8 Å². The second kappa shape index (κ2) is 11.4. The quantitative estimate of drug-likeness (QED) is 0.722. The number of piperidine rings is 2. The molecule has 2 atom stereocenters. The van der Waals surface area contributed by atoms with E-state index in [4.69, 9.17) is 0 Å². The SMILES string of the molecule is Cl.Cl.O=C(CCC1CCNCC1)NC1CC2CCC(C1)N2Cc1ccccc1. The minimum absolute atomic E-state index is 0. The van der Waals surface area contributed by atoms with E-state index in [1.54, 1.807) is 0 Å². The lowest BCUT2D eigenvalue weighted by atomic mass is 9.92. The Morgan fingerprint density at radius 1 is 1.00 bits per heavy atom. The lowest BCUT2D eigenvalue weighted by Crippen LogP contribution is -2.50. The molecule has 3 fully saturated rings. The van der Waals surface area contributed by atoms with Gasteiger partial charge in [-0.15, -0.1) is 24.8 Å². The first-order valence-electron chi connectivity index (χ1n) is 10.6. The van der Waals surface area contributed by atoms with Crippen LogP contribution in [0.4, 0.5) is 0 Å². The molecule has 0 spiro atoms. The van der Waals surface area contributed by atoms with Gasteiger partial charge in [0.2, 0.25) is 5.91 Å². The van der Waals surface area contributed by atoms with Crippen molar-refractivity contribution in [2.24, 2.45) is 5.92 Å². The molecule has 0 aliphatic carbocycles. The average molecular weight is 428 g/mol. The highest BCUT2D eigenvalue weighted by atomic mass is 35.5. The predicted octanol–water partition coefficient (Wildman–Crippen LogP) is 3.92. The van der Waals surface area contributed by atoms with Crippen LogP contribution < -0.4 is 10.6 Å². The Hall–Kier alpha value is -0.810. The molecular formula is C22H35Cl2N3O. The summed E-state index contributed by atoms with van der Waals surface area (Å²) in [5, 5.41) is 6.76. The first-order valence-corrected chi connectivity index (χ1v) is 10.6. The van der Waals surface area contributed by atoms with E-state index in [9.17, 15) is 4.79 Å². The van der Waals surface area contributed by atoms with Gasteiger partial charge in [-0.05, 0) is 69.5 Å². The minimum Gasteiger partial charge on any atom is -0.353 e. The first kappa shape index (κ1) is 23.5. The smallest absolute Gasteiger partial charge is 0.220 e. The molecule has 2 N–H and O–H groups in total. The van der Waals surface area contributed by atoms with Crippen molar-refractivity contribution in [1.82, 2.24) is 15.5 Å². The molecule has 3 aliphatic heterocycles. The molecule has 1 aromatic carbocycles. The van der Waals surface area contributed by atoms with Crippen molar-refractivity contribution >= 4 is 30.7 Å². The van der Waals surface area contributed by atoms with Crippen LogP contribution in [0.1, 0.15) is 56.9 Å². The number of halogens is 2. The number of rotatable bonds is 6. The normalized spacial score (nSPS) is 27.5. The van der Waals surface area contributed by atoms with E-state index in [2.05, 4.69) is 45.9 Å². The van der Waals surface area contributed by atoms with Gasteiger partial charge in [-0.25, -0.2) is 0 Å². The van der Waals surface area contributed by atoms with Crippen molar-refractivity contribution in [2.45, 2.75) is 76.0 Å². The Morgan fingerprint density at radius 2 is 1.64 bits per heavy atom. The summed E-state index contributed by atoms with van der Waals surface area (Å²) >= 11 is 0. The first-order chi connectivity index (χ1) is 12.8. The molecule has 6 heteroatoms. The third-order valence-corrected chi connectivity index (χ3v) is 6.70. The number of fused-ring (bicyclic) bond motifs is 2. The van der Waals surface area contributed by atoms with Gasteiger partial charge in [0.1, 0.15) is 0 Å². The molecular weight excluding hydrogens is 393 g/mol. The summed E-state index contributed by atoms with van der Waals surface area (Å²) < 4.78 is 0. The average Bonchev–Trinajstić information content (AvgIpc) is 2.90. The van der Waals surface area contributed by atoms with Crippen molar-refractivity contribution in [3.63, 3.8) is 0 Å². The molecule has 3 heterocycles. The summed E-state index contributed by atoms with van der Waals surface area (Å²) in [4.78, 5) is 15.1. The lowest BCUT2D eigenvalue weighted by molar-refractivity contribution is -0.122. The molecule has 0 saturated carbocycles. The van der Waals surface area contributed by atoms with Crippen LogP contribution in [0.25, 0.3) is 0 Å². The highest BCUT2D eigenvalue weighted by Gasteiger charge is 2.40. The number of carbonyl (C=O) groups excluding carboxylic acids is 1. The zero-order chi connectivity index (χ0) is 17.8. The topological polar surface area (TPSA) is 44.4 Å². The number of benzene rings is 1. The Labute approximate surface area is 182 Å². The fourth-order valence-corrected chi connectivity index (χ4v) is 5.25. The van der Waals surface area contributed by atoms with Crippen LogP contribution in [0.3, 0.4) is 0 Å². The summed E-state index contributed by atoms with van der Waals surface area (Å²) in [5.74, 6) is 1.02. The zero-order valence-corrected chi connectivity index (χ0v) is 18.3. The number of hydrogen-bond donors (Lipinski definition) is 2. The van der Waals surface area contributed by atoms with Gasteiger partial charge in [0.15, 0.2) is 0 Å². The van der Waals surface area contributed by atoms with E-state index < -0.39 is 0 Å². The highest BCUT2D eigenvalue weighted by molar-refractivity contribution is 5.85. The molecule has 0 aromatic heterocycles. The molecule has 2 bridgehead atoms. The zero-order valence-electron chi connectivity index (χ0n) is 16.6. The molecule has 1 amide bonds. The summed E-state index contributed by atoms with van der Waals surface area (Å²) in [5.41, 5.74) is 1.41. The van der Waals surface area contributed by atoms with E-state index >= 15 is 0 Å². The summed E-state index contributed by atoms with van der Waals surface area (Å²) in [6.45, 7) is 3.30. The summed E-state index contributed by atoms with van der Waals surface area (Å²) in [6.07, 6.45) is 9.07. The largest absolute Gasteiger partial charge is 0.353 e. The maximum Gasteiger partial charge on any atom is 0.220 e. The van der Waals surface area contributed by atoms with Gasteiger partial charge in [0.25, 0.3) is 0 Å². The molecule has 3 saturated heterocycles. The second-order valence-electron chi connectivity index (χ2n) is 8.51. The van der Waals surface area contributed by atoms with Crippen molar-refractivity contribution in [2.75, 3.05) is 13.1 Å². The highest BCUT2D eigenvalue weighted by Crippen LogP contribution is 2.36. The van der Waals surface area contributed by atoms with Crippen LogP contribution in [-0.2, 0) is 11.3 Å². The molecule has 1 aromatic rings.